The normalized spacial score (nSPS) is 28.3. The quantitative estimate of drug-likeness (QED) is 0.798. The molecular formula is C23H35N3O. The average Bonchev–Trinajstić information content (AvgIpc) is 3.12. The van der Waals surface area contributed by atoms with Gasteiger partial charge in [-0.05, 0) is 77.2 Å². The second-order valence-electron chi connectivity index (χ2n) is 9.02. The van der Waals surface area contributed by atoms with Crippen molar-refractivity contribution in [3.63, 3.8) is 0 Å². The molecule has 4 nitrogen and oxygen atoms in total. The van der Waals surface area contributed by atoms with Gasteiger partial charge in [-0.2, -0.15) is 0 Å². The minimum atomic E-state index is -0.0751. The van der Waals surface area contributed by atoms with Crippen LogP contribution in [-0.4, -0.2) is 73.0 Å². The van der Waals surface area contributed by atoms with Crippen molar-refractivity contribution in [3.8, 4) is 0 Å². The van der Waals surface area contributed by atoms with Gasteiger partial charge in [-0.3, -0.25) is 9.69 Å². The zero-order valence-electron chi connectivity index (χ0n) is 16.9. The van der Waals surface area contributed by atoms with E-state index in [0.29, 0.717) is 11.9 Å². The Bertz CT molecular complexity index is 626. The number of benzene rings is 1. The Hall–Kier alpha value is -1.39. The monoisotopic (exact) mass is 369 g/mol. The van der Waals surface area contributed by atoms with Crippen LogP contribution in [0.25, 0.3) is 0 Å². The Morgan fingerprint density at radius 2 is 1.81 bits per heavy atom. The van der Waals surface area contributed by atoms with E-state index in [-0.39, 0.29) is 5.41 Å². The smallest absolute Gasteiger partial charge is 0.230 e. The molecular weight excluding hydrogens is 334 g/mol. The van der Waals surface area contributed by atoms with Crippen LogP contribution in [0, 0.1) is 5.41 Å². The molecule has 0 saturated carbocycles. The SMILES string of the molecule is CN1CCC(N2CCC3(CCCN(CCCc4ccccc4)C3=O)C2)CC1. The summed E-state index contributed by atoms with van der Waals surface area (Å²) in [7, 11) is 2.22. The molecule has 3 aliphatic heterocycles. The first kappa shape index (κ1) is 18.9. The second kappa shape index (κ2) is 8.32. The van der Waals surface area contributed by atoms with Gasteiger partial charge in [-0.1, -0.05) is 30.3 Å². The maximum atomic E-state index is 13.4. The van der Waals surface area contributed by atoms with Crippen molar-refractivity contribution in [2.45, 2.75) is 51.0 Å². The van der Waals surface area contributed by atoms with E-state index in [0.717, 1.165) is 51.9 Å². The van der Waals surface area contributed by atoms with Crippen molar-refractivity contribution in [1.82, 2.24) is 14.7 Å². The summed E-state index contributed by atoms with van der Waals surface area (Å²) in [5, 5.41) is 0. The first-order chi connectivity index (χ1) is 13.2. The Balaban J connectivity index is 1.31. The van der Waals surface area contributed by atoms with Gasteiger partial charge in [0.1, 0.15) is 0 Å². The molecule has 0 N–H and O–H groups in total. The average molecular weight is 370 g/mol. The first-order valence-corrected chi connectivity index (χ1v) is 10.9. The van der Waals surface area contributed by atoms with Gasteiger partial charge in [0.25, 0.3) is 0 Å². The summed E-state index contributed by atoms with van der Waals surface area (Å²) in [6.45, 7) is 6.42. The third-order valence-corrected chi connectivity index (χ3v) is 7.15. The number of amides is 1. The van der Waals surface area contributed by atoms with Crippen molar-refractivity contribution in [2.75, 3.05) is 46.3 Å². The zero-order chi connectivity index (χ0) is 18.7. The third kappa shape index (κ3) is 4.22. The van der Waals surface area contributed by atoms with Crippen molar-refractivity contribution >= 4 is 5.91 Å². The van der Waals surface area contributed by atoms with Crippen LogP contribution in [0.4, 0.5) is 0 Å². The van der Waals surface area contributed by atoms with E-state index in [2.05, 4.69) is 52.1 Å². The number of nitrogens with zero attached hydrogens (tertiary/aromatic N) is 3. The van der Waals surface area contributed by atoms with Crippen LogP contribution in [0.15, 0.2) is 30.3 Å². The van der Waals surface area contributed by atoms with Crippen LogP contribution in [0.3, 0.4) is 0 Å². The van der Waals surface area contributed by atoms with Gasteiger partial charge in [0.15, 0.2) is 0 Å². The predicted molar refractivity (Wildman–Crippen MR) is 110 cm³/mol. The van der Waals surface area contributed by atoms with Gasteiger partial charge < -0.3 is 9.80 Å². The largest absolute Gasteiger partial charge is 0.342 e. The van der Waals surface area contributed by atoms with E-state index < -0.39 is 0 Å². The molecule has 148 valence electrons. The molecule has 1 aromatic carbocycles. The highest BCUT2D eigenvalue weighted by Gasteiger charge is 2.49. The minimum Gasteiger partial charge on any atom is -0.342 e. The van der Waals surface area contributed by atoms with Crippen molar-refractivity contribution < 1.29 is 4.79 Å². The summed E-state index contributed by atoms with van der Waals surface area (Å²) < 4.78 is 0. The molecule has 3 aliphatic rings. The lowest BCUT2D eigenvalue weighted by Gasteiger charge is -2.41. The topological polar surface area (TPSA) is 26.8 Å². The molecule has 27 heavy (non-hydrogen) atoms. The van der Waals surface area contributed by atoms with E-state index in [4.69, 9.17) is 0 Å². The number of hydrogen-bond donors (Lipinski definition) is 0. The van der Waals surface area contributed by atoms with Crippen LogP contribution >= 0.6 is 0 Å². The number of rotatable bonds is 5. The Morgan fingerprint density at radius 3 is 2.59 bits per heavy atom. The van der Waals surface area contributed by atoms with E-state index in [1.165, 1.54) is 37.9 Å². The van der Waals surface area contributed by atoms with Crippen LogP contribution < -0.4 is 0 Å². The molecule has 0 aliphatic carbocycles. The van der Waals surface area contributed by atoms with Crippen LogP contribution in [0.5, 0.6) is 0 Å². The van der Waals surface area contributed by atoms with Crippen LogP contribution in [0.2, 0.25) is 0 Å². The number of aryl methyl sites for hydroxylation is 1. The molecule has 1 atom stereocenters. The summed E-state index contributed by atoms with van der Waals surface area (Å²) in [5.74, 6) is 0.456. The Kier molecular flexibility index (Phi) is 5.84. The number of likely N-dealkylation sites (tertiary alicyclic amines) is 3. The molecule has 0 bridgehead atoms. The maximum Gasteiger partial charge on any atom is 0.230 e. The molecule has 1 amide bonds. The molecule has 0 radical (unpaired) electrons. The van der Waals surface area contributed by atoms with Crippen LogP contribution in [0.1, 0.15) is 44.1 Å². The molecule has 0 aromatic heterocycles. The molecule has 3 fully saturated rings. The zero-order valence-corrected chi connectivity index (χ0v) is 16.9. The van der Waals surface area contributed by atoms with Gasteiger partial charge in [-0.15, -0.1) is 0 Å². The van der Waals surface area contributed by atoms with E-state index in [1.54, 1.807) is 0 Å². The van der Waals surface area contributed by atoms with Gasteiger partial charge in [0, 0.05) is 25.7 Å². The Labute approximate surface area is 164 Å². The summed E-state index contributed by atoms with van der Waals surface area (Å²) in [6.07, 6.45) is 8.03. The van der Waals surface area contributed by atoms with Crippen LogP contribution in [-0.2, 0) is 11.2 Å². The minimum absolute atomic E-state index is 0.0751. The highest BCUT2D eigenvalue weighted by molar-refractivity contribution is 5.84. The molecule has 1 spiro atoms. The lowest BCUT2D eigenvalue weighted by Crippen LogP contribution is -2.51. The van der Waals surface area contributed by atoms with Crippen molar-refractivity contribution in [3.05, 3.63) is 35.9 Å². The highest BCUT2D eigenvalue weighted by Crippen LogP contribution is 2.41. The molecule has 3 saturated heterocycles. The fraction of sp³-hybridized carbons (Fsp3) is 0.696. The lowest BCUT2D eigenvalue weighted by molar-refractivity contribution is -0.145. The maximum absolute atomic E-state index is 13.4. The number of carbonyl (C=O) groups is 1. The molecule has 4 heteroatoms. The third-order valence-electron chi connectivity index (χ3n) is 7.15. The number of carbonyl (C=O) groups excluding carboxylic acids is 1. The standard InChI is InChI=1S/C23H35N3O/c1-24-16-10-21(11-17-24)26-18-13-23(19-26)12-6-15-25(22(23)27)14-5-9-20-7-3-2-4-8-20/h2-4,7-8,21H,5-6,9-19H2,1H3. The van der Waals surface area contributed by atoms with Crippen molar-refractivity contribution in [2.24, 2.45) is 5.41 Å². The summed E-state index contributed by atoms with van der Waals surface area (Å²) in [4.78, 5) is 20.6. The summed E-state index contributed by atoms with van der Waals surface area (Å²) in [5.41, 5.74) is 1.31. The molecule has 1 aromatic rings. The predicted octanol–water partition coefficient (Wildman–Crippen LogP) is 3.03. The lowest BCUT2D eigenvalue weighted by atomic mass is 9.78. The van der Waals surface area contributed by atoms with E-state index in [1.807, 2.05) is 0 Å². The number of hydrogen-bond acceptors (Lipinski definition) is 3. The summed E-state index contributed by atoms with van der Waals surface area (Å²) in [6, 6.07) is 11.4. The van der Waals surface area contributed by atoms with Crippen molar-refractivity contribution in [1.29, 1.82) is 0 Å². The first-order valence-electron chi connectivity index (χ1n) is 10.9. The highest BCUT2D eigenvalue weighted by atomic mass is 16.2. The summed E-state index contributed by atoms with van der Waals surface area (Å²) >= 11 is 0. The van der Waals surface area contributed by atoms with Gasteiger partial charge in [0.2, 0.25) is 5.91 Å². The van der Waals surface area contributed by atoms with Gasteiger partial charge in [0.05, 0.1) is 5.41 Å². The van der Waals surface area contributed by atoms with E-state index in [9.17, 15) is 4.79 Å². The Morgan fingerprint density at radius 1 is 1.04 bits per heavy atom. The molecule has 1 unspecified atom stereocenters. The number of piperidine rings is 2. The second-order valence-corrected chi connectivity index (χ2v) is 9.02. The fourth-order valence-electron chi connectivity index (χ4n) is 5.44. The fourth-order valence-corrected chi connectivity index (χ4v) is 5.44. The van der Waals surface area contributed by atoms with E-state index >= 15 is 0 Å². The van der Waals surface area contributed by atoms with Gasteiger partial charge in [-0.25, -0.2) is 0 Å². The molecule has 3 heterocycles. The molecule has 4 rings (SSSR count). The van der Waals surface area contributed by atoms with Gasteiger partial charge >= 0.3 is 0 Å².